The average Bonchev–Trinajstić information content (AvgIpc) is 2.34. The molecule has 2 N–H and O–H groups in total. The van der Waals surface area contributed by atoms with Crippen LogP contribution in [0.1, 0.15) is 46.0 Å². The smallest absolute Gasteiger partial charge is 0.334 e. The zero-order chi connectivity index (χ0) is 14.0. The zero-order valence-corrected chi connectivity index (χ0v) is 11.6. The minimum Gasteiger partial charge on any atom is -0.479 e. The number of ether oxygens (including phenoxy) is 1. The minimum atomic E-state index is -1.06. The van der Waals surface area contributed by atoms with Crippen molar-refractivity contribution >= 4 is 11.9 Å². The first-order chi connectivity index (χ1) is 8.54. The van der Waals surface area contributed by atoms with Crippen molar-refractivity contribution in [3.05, 3.63) is 0 Å². The topological polar surface area (TPSA) is 75.6 Å². The minimum absolute atomic E-state index is 0.0227. The van der Waals surface area contributed by atoms with Gasteiger partial charge in [0.1, 0.15) is 0 Å². The van der Waals surface area contributed by atoms with Crippen LogP contribution in [-0.2, 0) is 14.3 Å². The van der Waals surface area contributed by atoms with E-state index in [0.29, 0.717) is 12.3 Å². The van der Waals surface area contributed by atoms with Crippen molar-refractivity contribution in [3.8, 4) is 0 Å². The molecule has 0 saturated carbocycles. The predicted molar refractivity (Wildman–Crippen MR) is 69.4 cm³/mol. The van der Waals surface area contributed by atoms with Gasteiger partial charge in [0.25, 0.3) is 0 Å². The van der Waals surface area contributed by atoms with E-state index in [1.165, 1.54) is 7.11 Å². The number of methoxy groups -OCH3 is 1. The molecule has 2 atom stereocenters. The molecule has 2 unspecified atom stereocenters. The molecule has 0 aromatic carbocycles. The molecule has 0 heterocycles. The highest BCUT2D eigenvalue weighted by Gasteiger charge is 2.18. The quantitative estimate of drug-likeness (QED) is 0.627. The van der Waals surface area contributed by atoms with Gasteiger partial charge >= 0.3 is 5.97 Å². The highest BCUT2D eigenvalue weighted by molar-refractivity contribution is 5.78. The first kappa shape index (κ1) is 16.9. The summed E-state index contributed by atoms with van der Waals surface area (Å²) in [6.07, 6.45) is 3.77. The molecule has 0 aromatic rings. The van der Waals surface area contributed by atoms with Crippen LogP contribution in [-0.4, -0.2) is 36.7 Å². The van der Waals surface area contributed by atoms with Crippen LogP contribution in [0.4, 0.5) is 0 Å². The molecular formula is C13H25NO4. The fraction of sp³-hybridized carbons (Fsp3) is 0.846. The van der Waals surface area contributed by atoms with E-state index in [4.69, 9.17) is 9.84 Å². The van der Waals surface area contributed by atoms with Gasteiger partial charge in [0.05, 0.1) is 6.54 Å². The fourth-order valence-electron chi connectivity index (χ4n) is 1.76. The van der Waals surface area contributed by atoms with Gasteiger partial charge in [0.15, 0.2) is 6.10 Å². The second-order valence-electron chi connectivity index (χ2n) is 4.49. The predicted octanol–water partition coefficient (Wildman–Crippen LogP) is 1.81. The number of carboxylic acid groups (broad SMARTS) is 1. The second kappa shape index (κ2) is 9.88. The van der Waals surface area contributed by atoms with Crippen LogP contribution in [0, 0.1) is 5.92 Å². The average molecular weight is 259 g/mol. The number of carbonyl (C=O) groups excluding carboxylic acids is 1. The number of unbranched alkanes of at least 4 members (excludes halogenated alkanes) is 1. The van der Waals surface area contributed by atoms with Gasteiger partial charge in [-0.25, -0.2) is 4.79 Å². The van der Waals surface area contributed by atoms with E-state index in [2.05, 4.69) is 19.2 Å². The third-order valence-corrected chi connectivity index (χ3v) is 3.06. The molecule has 0 aliphatic heterocycles. The third-order valence-electron chi connectivity index (χ3n) is 3.06. The number of carboxylic acids is 1. The van der Waals surface area contributed by atoms with Gasteiger partial charge in [-0.05, 0) is 12.3 Å². The largest absolute Gasteiger partial charge is 0.479 e. The Hall–Kier alpha value is -1.10. The Morgan fingerprint density at radius 3 is 2.44 bits per heavy atom. The molecular weight excluding hydrogens is 234 g/mol. The first-order valence-corrected chi connectivity index (χ1v) is 6.57. The Bertz CT molecular complexity index is 255. The molecule has 0 bridgehead atoms. The van der Waals surface area contributed by atoms with Gasteiger partial charge in [0.2, 0.25) is 5.91 Å². The molecule has 0 fully saturated rings. The summed E-state index contributed by atoms with van der Waals surface area (Å²) in [5.74, 6) is -0.771. The molecule has 5 nitrogen and oxygen atoms in total. The summed E-state index contributed by atoms with van der Waals surface area (Å²) in [5.41, 5.74) is 0. The van der Waals surface area contributed by atoms with Crippen molar-refractivity contribution in [1.82, 2.24) is 5.32 Å². The van der Waals surface area contributed by atoms with E-state index in [-0.39, 0.29) is 12.5 Å². The van der Waals surface area contributed by atoms with Gasteiger partial charge < -0.3 is 15.2 Å². The molecule has 0 aromatic heterocycles. The van der Waals surface area contributed by atoms with Crippen molar-refractivity contribution in [2.75, 3.05) is 13.7 Å². The van der Waals surface area contributed by atoms with Crippen molar-refractivity contribution in [1.29, 1.82) is 0 Å². The van der Waals surface area contributed by atoms with Crippen molar-refractivity contribution in [2.24, 2.45) is 5.92 Å². The lowest BCUT2D eigenvalue weighted by molar-refractivity contribution is -0.148. The normalized spacial score (nSPS) is 13.9. The van der Waals surface area contributed by atoms with Crippen molar-refractivity contribution in [3.63, 3.8) is 0 Å². The number of nitrogens with one attached hydrogen (secondary N) is 1. The molecule has 0 aliphatic rings. The van der Waals surface area contributed by atoms with Crippen LogP contribution in [0.15, 0.2) is 0 Å². The molecule has 0 saturated heterocycles. The van der Waals surface area contributed by atoms with Crippen LogP contribution < -0.4 is 5.32 Å². The SMILES string of the molecule is CCCCC(CC)CC(=O)NCC(OC)C(=O)O. The lowest BCUT2D eigenvalue weighted by Gasteiger charge is -2.15. The Morgan fingerprint density at radius 2 is 2.00 bits per heavy atom. The van der Waals surface area contributed by atoms with Gasteiger partial charge in [-0.2, -0.15) is 0 Å². The highest BCUT2D eigenvalue weighted by atomic mass is 16.5. The molecule has 0 spiro atoms. The molecule has 0 rings (SSSR count). The molecule has 106 valence electrons. The van der Waals surface area contributed by atoms with Crippen LogP contribution in [0.25, 0.3) is 0 Å². The maximum atomic E-state index is 11.7. The van der Waals surface area contributed by atoms with E-state index in [9.17, 15) is 9.59 Å². The van der Waals surface area contributed by atoms with E-state index in [0.717, 1.165) is 25.7 Å². The van der Waals surface area contributed by atoms with Crippen LogP contribution >= 0.6 is 0 Å². The summed E-state index contributed by atoms with van der Waals surface area (Å²) in [6.45, 7) is 4.22. The number of carbonyl (C=O) groups is 2. The maximum Gasteiger partial charge on any atom is 0.334 e. The van der Waals surface area contributed by atoms with Crippen molar-refractivity contribution in [2.45, 2.75) is 52.1 Å². The highest BCUT2D eigenvalue weighted by Crippen LogP contribution is 2.16. The Kier molecular flexibility index (Phi) is 9.28. The summed E-state index contributed by atoms with van der Waals surface area (Å²) >= 11 is 0. The number of amides is 1. The molecule has 5 heteroatoms. The summed E-state index contributed by atoms with van der Waals surface area (Å²) in [4.78, 5) is 22.3. The monoisotopic (exact) mass is 259 g/mol. The molecule has 1 amide bonds. The standard InChI is InChI=1S/C13H25NO4/c1-4-6-7-10(5-2)8-12(15)14-9-11(18-3)13(16)17/h10-11H,4-9H2,1-3H3,(H,14,15)(H,16,17). The number of aliphatic carboxylic acids is 1. The van der Waals surface area contributed by atoms with Crippen LogP contribution in [0.5, 0.6) is 0 Å². The summed E-state index contributed by atoms with van der Waals surface area (Å²) in [6, 6.07) is 0. The third kappa shape index (κ3) is 7.27. The van der Waals surface area contributed by atoms with Crippen LogP contribution in [0.2, 0.25) is 0 Å². The van der Waals surface area contributed by atoms with Crippen molar-refractivity contribution < 1.29 is 19.4 Å². The fourth-order valence-corrected chi connectivity index (χ4v) is 1.76. The first-order valence-electron chi connectivity index (χ1n) is 6.57. The molecule has 0 aliphatic carbocycles. The van der Waals surface area contributed by atoms with Gasteiger partial charge in [0, 0.05) is 13.5 Å². The Labute approximate surface area is 109 Å². The van der Waals surface area contributed by atoms with Gasteiger partial charge in [-0.3, -0.25) is 4.79 Å². The van der Waals surface area contributed by atoms with E-state index < -0.39 is 12.1 Å². The number of rotatable bonds is 10. The number of hydrogen-bond acceptors (Lipinski definition) is 3. The summed E-state index contributed by atoms with van der Waals surface area (Å²) in [5, 5.41) is 11.4. The summed E-state index contributed by atoms with van der Waals surface area (Å²) < 4.78 is 4.74. The molecule has 18 heavy (non-hydrogen) atoms. The zero-order valence-electron chi connectivity index (χ0n) is 11.6. The molecule has 0 radical (unpaired) electrons. The van der Waals surface area contributed by atoms with E-state index in [1.54, 1.807) is 0 Å². The van der Waals surface area contributed by atoms with E-state index >= 15 is 0 Å². The van der Waals surface area contributed by atoms with Crippen LogP contribution in [0.3, 0.4) is 0 Å². The second-order valence-corrected chi connectivity index (χ2v) is 4.49. The van der Waals surface area contributed by atoms with Gasteiger partial charge in [-0.15, -0.1) is 0 Å². The van der Waals surface area contributed by atoms with Gasteiger partial charge in [-0.1, -0.05) is 33.1 Å². The lowest BCUT2D eigenvalue weighted by atomic mass is 9.95. The lowest BCUT2D eigenvalue weighted by Crippen LogP contribution is -2.38. The Morgan fingerprint density at radius 1 is 1.33 bits per heavy atom. The summed E-state index contributed by atoms with van der Waals surface area (Å²) in [7, 11) is 1.32. The maximum absolute atomic E-state index is 11.7. The van der Waals surface area contributed by atoms with E-state index in [1.807, 2.05) is 0 Å². The Balaban J connectivity index is 3.97. The number of hydrogen-bond donors (Lipinski definition) is 2.